The van der Waals surface area contributed by atoms with Gasteiger partial charge in [0, 0.05) is 0 Å². The molecular weight excluding hydrogens is 132 g/mol. The van der Waals surface area contributed by atoms with Crippen molar-refractivity contribution in [3.8, 4) is 0 Å². The van der Waals surface area contributed by atoms with Crippen molar-refractivity contribution in [1.82, 2.24) is 0 Å². The molecule has 0 rings (SSSR count). The van der Waals surface area contributed by atoms with Gasteiger partial charge < -0.3 is 0 Å². The van der Waals surface area contributed by atoms with E-state index >= 15 is 0 Å². The van der Waals surface area contributed by atoms with Crippen molar-refractivity contribution in [1.29, 1.82) is 0 Å². The minimum Gasteiger partial charge on any atom is -0.0917 e. The van der Waals surface area contributed by atoms with Gasteiger partial charge in [0.05, 0.1) is 0 Å². The molecule has 0 N–H and O–H groups in total. The molecule has 0 fully saturated rings. The number of unbranched alkanes of at least 4 members (excludes halogenated alkanes) is 1. The number of hydrogen-bond donors (Lipinski definition) is 0. The Kier molecular flexibility index (Phi) is 8.57. The van der Waals surface area contributed by atoms with Crippen LogP contribution in [0.4, 0.5) is 0 Å². The van der Waals surface area contributed by atoms with Gasteiger partial charge in [-0.1, -0.05) is 43.4 Å². The van der Waals surface area contributed by atoms with Crippen molar-refractivity contribution in [2.45, 2.75) is 33.1 Å². The fourth-order valence-corrected chi connectivity index (χ4v) is 0.749. The second kappa shape index (κ2) is 9.22. The summed E-state index contributed by atoms with van der Waals surface area (Å²) in [4.78, 5) is 0. The lowest BCUT2D eigenvalue weighted by atomic mass is 10.2. The summed E-state index contributed by atoms with van der Waals surface area (Å²) in [6.07, 6.45) is 16.3. The summed E-state index contributed by atoms with van der Waals surface area (Å²) in [5.74, 6) is 0. The highest BCUT2D eigenvalue weighted by molar-refractivity contribution is 5.02. The Morgan fingerprint density at radius 3 is 2.18 bits per heavy atom. The van der Waals surface area contributed by atoms with Crippen molar-refractivity contribution in [3.63, 3.8) is 0 Å². The number of rotatable bonds is 5. The van der Waals surface area contributed by atoms with Gasteiger partial charge in [0.1, 0.15) is 0 Å². The Bertz CT molecular complexity index is 138. The zero-order chi connectivity index (χ0) is 8.36. The van der Waals surface area contributed by atoms with E-state index in [2.05, 4.69) is 50.3 Å². The minimum absolute atomic E-state index is 1.12. The van der Waals surface area contributed by atoms with E-state index < -0.39 is 0 Å². The number of allylic oxidation sites excluding steroid dienone is 6. The molecular formula is C11H18. The van der Waals surface area contributed by atoms with E-state index in [0.29, 0.717) is 0 Å². The van der Waals surface area contributed by atoms with E-state index in [9.17, 15) is 0 Å². The second-order valence-corrected chi connectivity index (χ2v) is 2.41. The van der Waals surface area contributed by atoms with Crippen molar-refractivity contribution in [2.75, 3.05) is 0 Å². The van der Waals surface area contributed by atoms with E-state index in [-0.39, 0.29) is 0 Å². The lowest BCUT2D eigenvalue weighted by molar-refractivity contribution is 1.05. The van der Waals surface area contributed by atoms with Gasteiger partial charge in [-0.2, -0.15) is 0 Å². The standard InChI is InChI=1S/C11H18/c1-3-5-7-9-11-10-8-6-4-2/h3,5-6,8,10-11H,4,7,9H2,1-2H3/b5-3-,8-6-,11-10-. The lowest BCUT2D eigenvalue weighted by Gasteiger charge is -1.83. The van der Waals surface area contributed by atoms with Gasteiger partial charge in [-0.3, -0.25) is 0 Å². The van der Waals surface area contributed by atoms with E-state index in [1.807, 2.05) is 0 Å². The van der Waals surface area contributed by atoms with Crippen LogP contribution in [0.15, 0.2) is 36.5 Å². The molecule has 0 unspecified atom stereocenters. The molecule has 0 heterocycles. The predicted octanol–water partition coefficient (Wildman–Crippen LogP) is 3.87. The first-order chi connectivity index (χ1) is 5.41. The smallest absolute Gasteiger partial charge is 0.0313 e. The van der Waals surface area contributed by atoms with Crippen LogP contribution in [0.2, 0.25) is 0 Å². The van der Waals surface area contributed by atoms with E-state index in [4.69, 9.17) is 0 Å². The van der Waals surface area contributed by atoms with E-state index in [1.165, 1.54) is 0 Å². The second-order valence-electron chi connectivity index (χ2n) is 2.41. The molecule has 0 bridgehead atoms. The third-order valence-electron chi connectivity index (χ3n) is 1.35. The summed E-state index contributed by atoms with van der Waals surface area (Å²) in [5.41, 5.74) is 0. The van der Waals surface area contributed by atoms with Crippen molar-refractivity contribution in [2.24, 2.45) is 0 Å². The van der Waals surface area contributed by atoms with Gasteiger partial charge in [-0.15, -0.1) is 0 Å². The maximum absolute atomic E-state index is 2.20. The summed E-state index contributed by atoms with van der Waals surface area (Å²) in [6.45, 7) is 4.20. The Morgan fingerprint density at radius 1 is 0.909 bits per heavy atom. The van der Waals surface area contributed by atoms with Crippen molar-refractivity contribution in [3.05, 3.63) is 36.5 Å². The maximum atomic E-state index is 2.20. The molecule has 0 nitrogen and oxygen atoms in total. The molecule has 0 saturated carbocycles. The van der Waals surface area contributed by atoms with Gasteiger partial charge in [0.25, 0.3) is 0 Å². The fraction of sp³-hybridized carbons (Fsp3) is 0.455. The fourth-order valence-electron chi connectivity index (χ4n) is 0.749. The van der Waals surface area contributed by atoms with Gasteiger partial charge >= 0.3 is 0 Å². The molecule has 0 radical (unpaired) electrons. The third kappa shape index (κ3) is 9.22. The van der Waals surface area contributed by atoms with Gasteiger partial charge in [-0.05, 0) is 26.2 Å². The summed E-state index contributed by atoms with van der Waals surface area (Å²) in [6, 6.07) is 0. The zero-order valence-corrected chi connectivity index (χ0v) is 7.59. The van der Waals surface area contributed by atoms with Gasteiger partial charge in [0.2, 0.25) is 0 Å². The summed E-state index contributed by atoms with van der Waals surface area (Å²) in [5, 5.41) is 0. The minimum atomic E-state index is 1.12. The molecule has 0 atom stereocenters. The average molecular weight is 150 g/mol. The highest BCUT2D eigenvalue weighted by Crippen LogP contribution is 1.93. The van der Waals surface area contributed by atoms with Crippen LogP contribution in [-0.4, -0.2) is 0 Å². The van der Waals surface area contributed by atoms with Crippen LogP contribution < -0.4 is 0 Å². The van der Waals surface area contributed by atoms with Crippen molar-refractivity contribution >= 4 is 0 Å². The normalized spacial score (nSPS) is 12.5. The largest absolute Gasteiger partial charge is 0.0917 e. The van der Waals surface area contributed by atoms with Gasteiger partial charge in [-0.25, -0.2) is 0 Å². The summed E-state index contributed by atoms with van der Waals surface area (Å²) in [7, 11) is 0. The first-order valence-corrected chi connectivity index (χ1v) is 4.34. The highest BCUT2D eigenvalue weighted by Gasteiger charge is 1.72. The molecule has 0 heteroatoms. The Hall–Kier alpha value is -0.780. The highest BCUT2D eigenvalue weighted by atomic mass is 13.8. The monoisotopic (exact) mass is 150 g/mol. The first kappa shape index (κ1) is 10.2. The molecule has 62 valence electrons. The molecule has 0 aliphatic rings. The van der Waals surface area contributed by atoms with Gasteiger partial charge in [0.15, 0.2) is 0 Å². The Balaban J connectivity index is 3.23. The van der Waals surface area contributed by atoms with Crippen LogP contribution in [0.1, 0.15) is 33.1 Å². The molecule has 0 saturated heterocycles. The Labute approximate surface area is 70.3 Å². The predicted molar refractivity (Wildman–Crippen MR) is 52.6 cm³/mol. The number of hydrogen-bond acceptors (Lipinski definition) is 0. The quantitative estimate of drug-likeness (QED) is 0.317. The SMILES string of the molecule is C/C=C\CC/C=C\C=C/CC. The molecule has 11 heavy (non-hydrogen) atoms. The summed E-state index contributed by atoms with van der Waals surface area (Å²) >= 11 is 0. The van der Waals surface area contributed by atoms with Crippen LogP contribution in [0.3, 0.4) is 0 Å². The van der Waals surface area contributed by atoms with E-state index in [1.54, 1.807) is 0 Å². The molecule has 0 spiro atoms. The molecule has 0 aromatic heterocycles. The van der Waals surface area contributed by atoms with Crippen LogP contribution in [0.5, 0.6) is 0 Å². The molecule has 0 amide bonds. The van der Waals surface area contributed by atoms with Crippen LogP contribution >= 0.6 is 0 Å². The maximum Gasteiger partial charge on any atom is -0.0313 e. The first-order valence-electron chi connectivity index (χ1n) is 4.34. The Morgan fingerprint density at radius 2 is 1.55 bits per heavy atom. The zero-order valence-electron chi connectivity index (χ0n) is 7.59. The van der Waals surface area contributed by atoms with Crippen LogP contribution in [0, 0.1) is 0 Å². The van der Waals surface area contributed by atoms with Crippen LogP contribution in [-0.2, 0) is 0 Å². The molecule has 0 aliphatic heterocycles. The third-order valence-corrected chi connectivity index (χ3v) is 1.35. The molecule has 0 aliphatic carbocycles. The van der Waals surface area contributed by atoms with Crippen molar-refractivity contribution < 1.29 is 0 Å². The molecule has 0 aromatic rings. The molecule has 0 aromatic carbocycles. The average Bonchev–Trinajstić information content (AvgIpc) is 2.03. The van der Waals surface area contributed by atoms with E-state index in [0.717, 1.165) is 19.3 Å². The summed E-state index contributed by atoms with van der Waals surface area (Å²) < 4.78 is 0. The lowest BCUT2D eigenvalue weighted by Crippen LogP contribution is -1.62. The topological polar surface area (TPSA) is 0 Å². The van der Waals surface area contributed by atoms with Crippen LogP contribution in [0.25, 0.3) is 0 Å².